The first-order valence-corrected chi connectivity index (χ1v) is 10.8. The van der Waals surface area contributed by atoms with Gasteiger partial charge in [-0.25, -0.2) is 4.98 Å². The molecule has 1 atom stereocenters. The van der Waals surface area contributed by atoms with Crippen LogP contribution in [0, 0.1) is 0 Å². The van der Waals surface area contributed by atoms with Crippen LogP contribution in [0.5, 0.6) is 0 Å². The Morgan fingerprint density at radius 3 is 2.86 bits per heavy atom. The summed E-state index contributed by atoms with van der Waals surface area (Å²) in [5.74, 6) is -0.0607. The normalized spacial score (nSPS) is 16.3. The Morgan fingerprint density at radius 2 is 2.00 bits per heavy atom. The van der Waals surface area contributed by atoms with E-state index in [9.17, 15) is 9.59 Å². The van der Waals surface area contributed by atoms with Gasteiger partial charge in [0.15, 0.2) is 0 Å². The van der Waals surface area contributed by atoms with Crippen molar-refractivity contribution in [2.45, 2.75) is 19.0 Å². The Labute approximate surface area is 169 Å². The van der Waals surface area contributed by atoms with Crippen LogP contribution >= 0.6 is 22.7 Å². The van der Waals surface area contributed by atoms with Crippen LogP contribution in [0.4, 0.5) is 0 Å². The molecule has 1 aliphatic rings. The predicted molar refractivity (Wildman–Crippen MR) is 112 cm³/mol. The van der Waals surface area contributed by atoms with E-state index >= 15 is 0 Å². The van der Waals surface area contributed by atoms with Gasteiger partial charge < -0.3 is 4.90 Å². The zero-order valence-corrected chi connectivity index (χ0v) is 16.6. The van der Waals surface area contributed by atoms with Gasteiger partial charge in [0, 0.05) is 16.3 Å². The summed E-state index contributed by atoms with van der Waals surface area (Å²) in [6.45, 7) is 0.655. The summed E-state index contributed by atoms with van der Waals surface area (Å²) in [6.07, 6.45) is 2.33. The molecule has 4 aromatic rings. The molecule has 1 aliphatic heterocycles. The minimum absolute atomic E-state index is 0.00197. The van der Waals surface area contributed by atoms with Gasteiger partial charge >= 0.3 is 0 Å². The number of hydrogen-bond donors (Lipinski definition) is 0. The zero-order chi connectivity index (χ0) is 19.1. The van der Waals surface area contributed by atoms with Gasteiger partial charge in [-0.15, -0.1) is 22.7 Å². The minimum atomic E-state index is -0.181. The Kier molecular flexibility index (Phi) is 4.33. The number of hydrogen-bond acceptors (Lipinski definition) is 5. The molecule has 0 saturated heterocycles. The van der Waals surface area contributed by atoms with E-state index in [2.05, 4.69) is 22.5 Å². The van der Waals surface area contributed by atoms with Crippen molar-refractivity contribution in [2.75, 3.05) is 6.54 Å². The highest BCUT2D eigenvalue weighted by Crippen LogP contribution is 2.39. The molecule has 0 saturated carbocycles. The van der Waals surface area contributed by atoms with Crippen LogP contribution < -0.4 is 5.56 Å². The number of carbonyl (C=O) groups excluding carboxylic acids is 1. The van der Waals surface area contributed by atoms with Crippen LogP contribution in [0.3, 0.4) is 0 Å². The molecule has 3 aromatic heterocycles. The highest BCUT2D eigenvalue weighted by atomic mass is 32.1. The lowest BCUT2D eigenvalue weighted by Gasteiger charge is -2.35. The average Bonchev–Trinajstić information content (AvgIpc) is 3.41. The quantitative estimate of drug-likeness (QED) is 0.520. The highest BCUT2D eigenvalue weighted by molar-refractivity contribution is 7.10. The van der Waals surface area contributed by atoms with E-state index in [-0.39, 0.29) is 24.1 Å². The fourth-order valence-electron chi connectivity index (χ4n) is 3.79. The van der Waals surface area contributed by atoms with Crippen LogP contribution in [0.25, 0.3) is 10.9 Å². The fraction of sp³-hybridized carbons (Fsp3) is 0.190. The van der Waals surface area contributed by atoms with Crippen LogP contribution in [0.1, 0.15) is 21.4 Å². The third kappa shape index (κ3) is 2.87. The Balaban J connectivity index is 1.50. The number of benzene rings is 1. The summed E-state index contributed by atoms with van der Waals surface area (Å²) < 4.78 is 1.42. The SMILES string of the molecule is O=C(Cn1cnc2ccccc2c1=O)N1CCc2sccc2C1c1cccs1. The lowest BCUT2D eigenvalue weighted by atomic mass is 9.98. The van der Waals surface area contributed by atoms with E-state index in [1.807, 2.05) is 28.5 Å². The standard InChI is InChI=1S/C21H17N3O2S2/c25-19(12-23-13-22-16-5-2-1-4-14(16)21(23)26)24-9-7-17-15(8-11-28-17)20(24)18-6-3-10-27-18/h1-6,8,10-11,13,20H,7,9,12H2. The largest absolute Gasteiger partial charge is 0.329 e. The Bertz CT molecular complexity index is 1210. The molecule has 4 heterocycles. The van der Waals surface area contributed by atoms with Crippen LogP contribution in [-0.2, 0) is 17.8 Å². The first kappa shape index (κ1) is 17.3. The van der Waals surface area contributed by atoms with E-state index in [1.165, 1.54) is 21.3 Å². The van der Waals surface area contributed by atoms with E-state index in [0.29, 0.717) is 17.4 Å². The molecule has 7 heteroatoms. The molecule has 0 N–H and O–H groups in total. The van der Waals surface area contributed by atoms with Gasteiger partial charge in [-0.3, -0.25) is 14.2 Å². The number of rotatable bonds is 3. The lowest BCUT2D eigenvalue weighted by molar-refractivity contribution is -0.133. The Hall–Kier alpha value is -2.77. The van der Waals surface area contributed by atoms with Gasteiger partial charge in [0.2, 0.25) is 5.91 Å². The molecule has 0 aliphatic carbocycles. The molecule has 0 spiro atoms. The predicted octanol–water partition coefficient (Wildman–Crippen LogP) is 3.69. The highest BCUT2D eigenvalue weighted by Gasteiger charge is 2.33. The van der Waals surface area contributed by atoms with Gasteiger partial charge in [0.1, 0.15) is 6.54 Å². The summed E-state index contributed by atoms with van der Waals surface area (Å²) in [4.78, 5) is 34.7. The van der Waals surface area contributed by atoms with Crippen LogP contribution in [-0.4, -0.2) is 26.9 Å². The maximum atomic E-state index is 13.2. The van der Waals surface area contributed by atoms with Crippen molar-refractivity contribution in [1.82, 2.24) is 14.5 Å². The number of carbonyl (C=O) groups is 1. The summed E-state index contributed by atoms with van der Waals surface area (Å²) >= 11 is 3.41. The van der Waals surface area contributed by atoms with Crippen molar-refractivity contribution in [3.63, 3.8) is 0 Å². The molecule has 0 fully saturated rings. The second-order valence-electron chi connectivity index (χ2n) is 6.75. The number of thiophene rings is 2. The zero-order valence-electron chi connectivity index (χ0n) is 14.9. The summed E-state index contributed by atoms with van der Waals surface area (Å²) in [6, 6.07) is 13.3. The topological polar surface area (TPSA) is 55.2 Å². The smallest absolute Gasteiger partial charge is 0.261 e. The van der Waals surface area contributed by atoms with E-state index < -0.39 is 0 Å². The van der Waals surface area contributed by atoms with E-state index in [4.69, 9.17) is 0 Å². The van der Waals surface area contributed by atoms with Crippen molar-refractivity contribution >= 4 is 39.5 Å². The van der Waals surface area contributed by atoms with Crippen molar-refractivity contribution in [1.29, 1.82) is 0 Å². The number of aromatic nitrogens is 2. The lowest BCUT2D eigenvalue weighted by Crippen LogP contribution is -2.42. The van der Waals surface area contributed by atoms with E-state index in [0.717, 1.165) is 11.3 Å². The molecular weight excluding hydrogens is 390 g/mol. The van der Waals surface area contributed by atoms with Crippen LogP contribution in [0.2, 0.25) is 0 Å². The van der Waals surface area contributed by atoms with Crippen LogP contribution in [0.15, 0.2) is 64.3 Å². The fourth-order valence-corrected chi connectivity index (χ4v) is 5.55. The molecule has 1 amide bonds. The van der Waals surface area contributed by atoms with Gasteiger partial charge in [0.25, 0.3) is 5.56 Å². The van der Waals surface area contributed by atoms with Gasteiger partial charge in [0.05, 0.1) is 23.3 Å². The first-order chi connectivity index (χ1) is 13.7. The number of para-hydroxylation sites is 1. The second-order valence-corrected chi connectivity index (χ2v) is 8.73. The average molecular weight is 408 g/mol. The first-order valence-electron chi connectivity index (χ1n) is 9.05. The third-order valence-corrected chi connectivity index (χ3v) is 7.06. The molecule has 1 aromatic carbocycles. The number of amides is 1. The molecule has 5 nitrogen and oxygen atoms in total. The monoisotopic (exact) mass is 407 g/mol. The maximum Gasteiger partial charge on any atom is 0.261 e. The molecule has 28 heavy (non-hydrogen) atoms. The maximum absolute atomic E-state index is 13.2. The molecule has 1 unspecified atom stereocenters. The molecule has 0 bridgehead atoms. The number of nitrogens with zero attached hydrogens (tertiary/aromatic N) is 3. The molecular formula is C21H17N3O2S2. The van der Waals surface area contributed by atoms with Crippen molar-refractivity contribution in [2.24, 2.45) is 0 Å². The third-order valence-electron chi connectivity index (χ3n) is 5.14. The Morgan fingerprint density at radius 1 is 1.11 bits per heavy atom. The second kappa shape index (κ2) is 7.00. The molecule has 140 valence electrons. The van der Waals surface area contributed by atoms with Crippen molar-refractivity contribution < 1.29 is 4.79 Å². The van der Waals surface area contributed by atoms with E-state index in [1.54, 1.807) is 34.8 Å². The molecule has 0 radical (unpaired) electrons. The summed E-state index contributed by atoms with van der Waals surface area (Å²) in [5.41, 5.74) is 1.67. The van der Waals surface area contributed by atoms with Gasteiger partial charge in [-0.1, -0.05) is 18.2 Å². The van der Waals surface area contributed by atoms with Crippen molar-refractivity contribution in [3.05, 3.63) is 85.2 Å². The van der Waals surface area contributed by atoms with Gasteiger partial charge in [-0.05, 0) is 47.0 Å². The van der Waals surface area contributed by atoms with Crippen molar-refractivity contribution in [3.8, 4) is 0 Å². The summed E-state index contributed by atoms with van der Waals surface area (Å²) in [7, 11) is 0. The molecule has 5 rings (SSSR count). The minimum Gasteiger partial charge on any atom is -0.329 e. The number of fused-ring (bicyclic) bond motifs is 2. The van der Waals surface area contributed by atoms with Gasteiger partial charge in [-0.2, -0.15) is 0 Å². The summed E-state index contributed by atoms with van der Waals surface area (Å²) in [5, 5.41) is 4.67.